The molecule has 1 saturated heterocycles. The minimum Gasteiger partial charge on any atom is -0.449 e. The lowest BCUT2D eigenvalue weighted by atomic mass is 9.88. The molecule has 1 spiro atoms. The third-order valence-corrected chi connectivity index (χ3v) is 5.94. The van der Waals surface area contributed by atoms with E-state index >= 15 is 0 Å². The molecule has 11 nitrogen and oxygen atoms in total. The summed E-state index contributed by atoms with van der Waals surface area (Å²) < 4.78 is 32.6. The van der Waals surface area contributed by atoms with E-state index in [-0.39, 0.29) is 25.4 Å². The smallest absolute Gasteiger partial charge is 0.449 e. The topological polar surface area (TPSA) is 153 Å². The minimum atomic E-state index is -3.17. The Bertz CT molecular complexity index is 846. The normalized spacial score (nSPS) is 21.6. The predicted molar refractivity (Wildman–Crippen MR) is 104 cm³/mol. The number of halogens is 2. The monoisotopic (exact) mass is 457 g/mol. The zero-order valence-corrected chi connectivity index (χ0v) is 17.5. The van der Waals surface area contributed by atoms with Gasteiger partial charge in [-0.05, 0) is 12.8 Å². The summed E-state index contributed by atoms with van der Waals surface area (Å²) in [5.74, 6) is -4.05. The Labute approximate surface area is 182 Å². The van der Waals surface area contributed by atoms with Gasteiger partial charge in [0, 0.05) is 38.8 Å². The number of carboxylic acid groups (broad SMARTS) is 1. The summed E-state index contributed by atoms with van der Waals surface area (Å²) in [6, 6.07) is -0.224. The van der Waals surface area contributed by atoms with Crippen molar-refractivity contribution in [2.24, 2.45) is 5.16 Å². The second-order valence-corrected chi connectivity index (χ2v) is 8.39. The molecule has 3 aliphatic rings. The van der Waals surface area contributed by atoms with Gasteiger partial charge in [0.2, 0.25) is 17.7 Å². The summed E-state index contributed by atoms with van der Waals surface area (Å²) in [7, 11) is 0. The number of urea groups is 1. The molecule has 0 aromatic heterocycles. The van der Waals surface area contributed by atoms with Gasteiger partial charge in [-0.1, -0.05) is 12.1 Å². The van der Waals surface area contributed by atoms with Gasteiger partial charge < -0.3 is 30.2 Å². The van der Waals surface area contributed by atoms with E-state index in [0.717, 1.165) is 0 Å². The average Bonchev–Trinajstić information content (AvgIpc) is 3.41. The number of nitriles is 1. The fourth-order valence-corrected chi connectivity index (χ4v) is 3.63. The zero-order chi connectivity index (χ0) is 23.6. The first-order chi connectivity index (χ1) is 15.0. The molecule has 3 rings (SSSR count). The Hall–Kier alpha value is -3.17. The molecule has 13 heteroatoms. The van der Waals surface area contributed by atoms with E-state index in [2.05, 4.69) is 20.5 Å². The molecule has 0 unspecified atom stereocenters. The van der Waals surface area contributed by atoms with Crippen LogP contribution in [0.5, 0.6) is 0 Å². The number of carbonyl (C=O) groups is 3. The number of likely N-dealkylation sites (tertiary alicyclic amines) is 1. The number of nitrogens with one attached hydrogen (secondary N) is 2. The number of hydrogen-bond donors (Lipinski definition) is 3. The van der Waals surface area contributed by atoms with Gasteiger partial charge in [-0.3, -0.25) is 4.79 Å². The molecule has 1 atom stereocenters. The summed E-state index contributed by atoms with van der Waals surface area (Å²) in [4.78, 5) is 42.6. The first-order valence-corrected chi connectivity index (χ1v) is 10.3. The SMILES string of the molecule is CCC(F)(F)C[C@H](NC(=O)N1CCC2(CC1)CC(OC(=O)O)=NO2)C(=O)NC1(C#N)CC1. The number of amides is 3. The van der Waals surface area contributed by atoms with E-state index in [1.807, 2.05) is 6.07 Å². The van der Waals surface area contributed by atoms with Crippen LogP contribution in [0.1, 0.15) is 51.9 Å². The highest BCUT2D eigenvalue weighted by Gasteiger charge is 2.48. The third-order valence-electron chi connectivity index (χ3n) is 5.94. The van der Waals surface area contributed by atoms with Gasteiger partial charge in [-0.15, -0.1) is 0 Å². The standard InChI is InChI=1S/C19H25F2N5O6/c1-2-19(20,21)9-12(14(27)24-17(11-22)3-4-17)23-15(28)26-7-5-18(6-8-26)10-13(25-32-18)31-16(29)30/h12H,2-10H2,1H3,(H,23,28)(H,24,27)(H,29,30)/t12-/m0/s1. The van der Waals surface area contributed by atoms with Crippen LogP contribution in [0, 0.1) is 11.3 Å². The van der Waals surface area contributed by atoms with E-state index in [1.165, 1.54) is 11.8 Å². The van der Waals surface area contributed by atoms with Crippen LogP contribution in [0.4, 0.5) is 18.4 Å². The lowest BCUT2D eigenvalue weighted by Gasteiger charge is -2.37. The quantitative estimate of drug-likeness (QED) is 0.515. The molecule has 1 saturated carbocycles. The Balaban J connectivity index is 1.57. The molecule has 3 amide bonds. The van der Waals surface area contributed by atoms with Crippen LogP contribution in [0.2, 0.25) is 0 Å². The fourth-order valence-electron chi connectivity index (χ4n) is 3.63. The van der Waals surface area contributed by atoms with Crippen LogP contribution in [-0.2, 0) is 14.4 Å². The Morgan fingerprint density at radius 1 is 1.34 bits per heavy atom. The van der Waals surface area contributed by atoms with E-state index in [0.29, 0.717) is 25.7 Å². The lowest BCUT2D eigenvalue weighted by Crippen LogP contribution is -2.57. The zero-order valence-electron chi connectivity index (χ0n) is 17.5. The number of ether oxygens (including phenoxy) is 1. The Morgan fingerprint density at radius 3 is 2.53 bits per heavy atom. The second-order valence-electron chi connectivity index (χ2n) is 8.39. The maximum atomic E-state index is 14.0. The minimum absolute atomic E-state index is 0.0690. The first-order valence-electron chi connectivity index (χ1n) is 10.3. The molecule has 32 heavy (non-hydrogen) atoms. The van der Waals surface area contributed by atoms with Crippen molar-refractivity contribution >= 4 is 24.0 Å². The number of nitrogens with zero attached hydrogens (tertiary/aromatic N) is 3. The molecular formula is C19H25F2N5O6. The van der Waals surface area contributed by atoms with Gasteiger partial charge in [0.05, 0.1) is 12.5 Å². The molecule has 0 radical (unpaired) electrons. The molecular weight excluding hydrogens is 432 g/mol. The average molecular weight is 457 g/mol. The summed E-state index contributed by atoms with van der Waals surface area (Å²) in [6.45, 7) is 1.65. The van der Waals surface area contributed by atoms with Crippen LogP contribution >= 0.6 is 0 Å². The second kappa shape index (κ2) is 8.76. The lowest BCUT2D eigenvalue weighted by molar-refractivity contribution is -0.126. The van der Waals surface area contributed by atoms with Gasteiger partial charge in [0.1, 0.15) is 17.2 Å². The molecule has 2 fully saturated rings. The van der Waals surface area contributed by atoms with Gasteiger partial charge in [-0.2, -0.15) is 5.26 Å². The van der Waals surface area contributed by atoms with Crippen molar-refractivity contribution in [3.8, 4) is 6.07 Å². The number of rotatable bonds is 6. The van der Waals surface area contributed by atoms with Crippen LogP contribution in [0.25, 0.3) is 0 Å². The number of piperidine rings is 1. The van der Waals surface area contributed by atoms with Crippen molar-refractivity contribution in [2.45, 2.75) is 75.0 Å². The molecule has 2 aliphatic heterocycles. The van der Waals surface area contributed by atoms with Crippen molar-refractivity contribution in [1.82, 2.24) is 15.5 Å². The summed E-state index contributed by atoms with van der Waals surface area (Å²) in [6.07, 6.45) is -1.25. The number of hydrogen-bond acceptors (Lipinski definition) is 7. The fraction of sp³-hybridized carbons (Fsp3) is 0.737. The highest BCUT2D eigenvalue weighted by Crippen LogP contribution is 2.36. The van der Waals surface area contributed by atoms with Gasteiger partial charge in [0.15, 0.2) is 0 Å². The van der Waals surface area contributed by atoms with Crippen LogP contribution < -0.4 is 10.6 Å². The number of alkyl halides is 2. The maximum absolute atomic E-state index is 14.0. The van der Waals surface area contributed by atoms with E-state index in [9.17, 15) is 23.2 Å². The molecule has 0 bridgehead atoms. The van der Waals surface area contributed by atoms with Crippen molar-refractivity contribution < 1.29 is 37.8 Å². The van der Waals surface area contributed by atoms with Crippen LogP contribution in [-0.4, -0.2) is 70.2 Å². The number of carbonyl (C=O) groups excluding carboxylic acids is 2. The highest BCUT2D eigenvalue weighted by atomic mass is 19.3. The molecule has 3 N–H and O–H groups in total. The van der Waals surface area contributed by atoms with Crippen LogP contribution in [0.3, 0.4) is 0 Å². The summed E-state index contributed by atoms with van der Waals surface area (Å²) in [5, 5.41) is 26.3. The highest BCUT2D eigenvalue weighted by molar-refractivity contribution is 5.88. The van der Waals surface area contributed by atoms with Crippen molar-refractivity contribution in [3.05, 3.63) is 0 Å². The maximum Gasteiger partial charge on any atom is 0.512 e. The molecule has 0 aromatic carbocycles. The van der Waals surface area contributed by atoms with Gasteiger partial charge in [0.25, 0.3) is 0 Å². The molecule has 2 heterocycles. The summed E-state index contributed by atoms with van der Waals surface area (Å²) in [5.41, 5.74) is -1.84. The van der Waals surface area contributed by atoms with Crippen LogP contribution in [0.15, 0.2) is 5.16 Å². The van der Waals surface area contributed by atoms with Crippen molar-refractivity contribution in [1.29, 1.82) is 5.26 Å². The van der Waals surface area contributed by atoms with Gasteiger partial charge >= 0.3 is 12.2 Å². The van der Waals surface area contributed by atoms with Gasteiger partial charge in [-0.25, -0.2) is 18.4 Å². The first kappa shape index (κ1) is 23.5. The largest absolute Gasteiger partial charge is 0.512 e. The Morgan fingerprint density at radius 2 is 2.00 bits per heavy atom. The molecule has 0 aromatic rings. The summed E-state index contributed by atoms with van der Waals surface area (Å²) >= 11 is 0. The Kier molecular flexibility index (Phi) is 6.43. The molecule has 176 valence electrons. The predicted octanol–water partition coefficient (Wildman–Crippen LogP) is 1.94. The number of oxime groups is 1. The van der Waals surface area contributed by atoms with Crippen molar-refractivity contribution in [3.63, 3.8) is 0 Å². The van der Waals surface area contributed by atoms with E-state index < -0.39 is 54.0 Å². The third kappa shape index (κ3) is 5.54. The molecule has 1 aliphatic carbocycles. The van der Waals surface area contributed by atoms with Crippen molar-refractivity contribution in [2.75, 3.05) is 13.1 Å². The van der Waals surface area contributed by atoms with E-state index in [1.54, 1.807) is 0 Å². The van der Waals surface area contributed by atoms with E-state index in [4.69, 9.17) is 15.2 Å².